The number of hydrogen-bond acceptors (Lipinski definition) is 7. The van der Waals surface area contributed by atoms with Crippen LogP contribution < -0.4 is 16.4 Å². The van der Waals surface area contributed by atoms with Crippen LogP contribution in [0.3, 0.4) is 0 Å². The summed E-state index contributed by atoms with van der Waals surface area (Å²) in [5.41, 5.74) is 8.60. The van der Waals surface area contributed by atoms with Crippen LogP contribution >= 0.6 is 0 Å². The fourth-order valence-corrected chi connectivity index (χ4v) is 3.74. The summed E-state index contributed by atoms with van der Waals surface area (Å²) in [5.74, 6) is 1.61. The SMILES string of the molecule is CC(C)NC(=O)O[C@@H]1CC[C@H](c2cc(Nc3nccn4nc(C(C)N)cc34)n[nH]2)C1. The smallest absolute Gasteiger partial charge is 0.407 e. The molecule has 0 aromatic carbocycles. The number of ether oxygens (including phenoxy) is 1. The number of nitrogens with zero attached hydrogens (tertiary/aromatic N) is 4. The first kappa shape index (κ1) is 20.1. The number of nitrogens with one attached hydrogen (secondary N) is 3. The number of alkyl carbamates (subject to hydrolysis) is 1. The van der Waals surface area contributed by atoms with Crippen LogP contribution in [0.2, 0.25) is 0 Å². The van der Waals surface area contributed by atoms with Crippen molar-refractivity contribution in [3.05, 3.63) is 35.9 Å². The molecule has 1 saturated carbocycles. The van der Waals surface area contributed by atoms with Gasteiger partial charge in [0.1, 0.15) is 11.6 Å². The number of amides is 1. The monoisotopic (exact) mass is 412 g/mol. The molecule has 1 amide bonds. The van der Waals surface area contributed by atoms with Crippen LogP contribution in [-0.2, 0) is 4.74 Å². The Bertz CT molecular complexity index is 1020. The Morgan fingerprint density at radius 3 is 2.93 bits per heavy atom. The van der Waals surface area contributed by atoms with Crippen molar-refractivity contribution in [1.82, 2.24) is 30.1 Å². The van der Waals surface area contributed by atoms with Crippen LogP contribution in [0.1, 0.15) is 63.4 Å². The van der Waals surface area contributed by atoms with Gasteiger partial charge in [-0.2, -0.15) is 10.2 Å². The van der Waals surface area contributed by atoms with Crippen molar-refractivity contribution in [2.24, 2.45) is 5.73 Å². The molecule has 3 aromatic rings. The van der Waals surface area contributed by atoms with E-state index in [9.17, 15) is 4.79 Å². The molecule has 1 aliphatic carbocycles. The van der Waals surface area contributed by atoms with Gasteiger partial charge in [0, 0.05) is 42.2 Å². The molecule has 1 fully saturated rings. The highest BCUT2D eigenvalue weighted by atomic mass is 16.6. The molecule has 5 N–H and O–H groups in total. The highest BCUT2D eigenvalue weighted by Crippen LogP contribution is 2.36. The van der Waals surface area contributed by atoms with Gasteiger partial charge in [-0.15, -0.1) is 0 Å². The Morgan fingerprint density at radius 2 is 2.17 bits per heavy atom. The predicted molar refractivity (Wildman–Crippen MR) is 113 cm³/mol. The van der Waals surface area contributed by atoms with Crippen molar-refractivity contribution in [2.45, 2.75) is 64.1 Å². The Labute approximate surface area is 174 Å². The summed E-state index contributed by atoms with van der Waals surface area (Å²) in [5, 5.41) is 18.0. The minimum absolute atomic E-state index is 0.0638. The summed E-state index contributed by atoms with van der Waals surface area (Å²) in [6.45, 7) is 5.72. The zero-order chi connectivity index (χ0) is 21.3. The zero-order valence-electron chi connectivity index (χ0n) is 17.4. The second kappa shape index (κ2) is 8.31. The Morgan fingerprint density at radius 1 is 1.33 bits per heavy atom. The number of carbonyl (C=O) groups is 1. The first-order valence-corrected chi connectivity index (χ1v) is 10.3. The lowest BCUT2D eigenvalue weighted by Crippen LogP contribution is -2.33. The zero-order valence-corrected chi connectivity index (χ0v) is 17.4. The summed E-state index contributed by atoms with van der Waals surface area (Å²) in [4.78, 5) is 16.2. The second-order valence-electron chi connectivity index (χ2n) is 8.13. The summed E-state index contributed by atoms with van der Waals surface area (Å²) in [6.07, 6.45) is 5.60. The van der Waals surface area contributed by atoms with Crippen molar-refractivity contribution in [1.29, 1.82) is 0 Å². The number of fused-ring (bicyclic) bond motifs is 1. The maximum atomic E-state index is 11.8. The number of carbonyl (C=O) groups excluding carboxylic acids is 1. The highest BCUT2D eigenvalue weighted by Gasteiger charge is 2.30. The molecule has 10 heteroatoms. The van der Waals surface area contributed by atoms with Crippen LogP contribution in [0, 0.1) is 0 Å². The molecule has 160 valence electrons. The van der Waals surface area contributed by atoms with Crippen molar-refractivity contribution in [2.75, 3.05) is 5.32 Å². The topological polar surface area (TPSA) is 135 Å². The van der Waals surface area contributed by atoms with Crippen LogP contribution in [0.25, 0.3) is 5.52 Å². The largest absolute Gasteiger partial charge is 0.446 e. The third-order valence-electron chi connectivity index (χ3n) is 5.22. The van der Waals surface area contributed by atoms with Gasteiger partial charge < -0.3 is 21.1 Å². The fraction of sp³-hybridized carbons (Fsp3) is 0.500. The molecule has 1 aliphatic rings. The van der Waals surface area contributed by atoms with Gasteiger partial charge in [-0.3, -0.25) is 5.10 Å². The lowest BCUT2D eigenvalue weighted by Gasteiger charge is -2.14. The Hall–Kier alpha value is -3.14. The van der Waals surface area contributed by atoms with Crippen molar-refractivity contribution < 1.29 is 9.53 Å². The van der Waals surface area contributed by atoms with E-state index < -0.39 is 0 Å². The molecule has 0 bridgehead atoms. The van der Waals surface area contributed by atoms with Crippen LogP contribution in [-0.4, -0.2) is 43.0 Å². The predicted octanol–water partition coefficient (Wildman–Crippen LogP) is 2.99. The van der Waals surface area contributed by atoms with E-state index >= 15 is 0 Å². The molecule has 30 heavy (non-hydrogen) atoms. The lowest BCUT2D eigenvalue weighted by molar-refractivity contribution is 0.0981. The van der Waals surface area contributed by atoms with Gasteiger partial charge in [-0.05, 0) is 46.1 Å². The summed E-state index contributed by atoms with van der Waals surface area (Å²) in [7, 11) is 0. The molecule has 3 atom stereocenters. The van der Waals surface area contributed by atoms with Gasteiger partial charge in [0.15, 0.2) is 11.6 Å². The van der Waals surface area contributed by atoms with Gasteiger partial charge in [0.05, 0.1) is 5.69 Å². The molecule has 0 saturated heterocycles. The molecule has 0 spiro atoms. The first-order valence-electron chi connectivity index (χ1n) is 10.3. The van der Waals surface area contributed by atoms with E-state index in [2.05, 4.69) is 30.9 Å². The van der Waals surface area contributed by atoms with E-state index in [1.807, 2.05) is 32.9 Å². The highest BCUT2D eigenvalue weighted by molar-refractivity contribution is 5.72. The van der Waals surface area contributed by atoms with Crippen LogP contribution in [0.4, 0.5) is 16.4 Å². The second-order valence-corrected chi connectivity index (χ2v) is 8.13. The van der Waals surface area contributed by atoms with Crippen LogP contribution in [0.5, 0.6) is 0 Å². The number of aromatic nitrogens is 5. The first-order chi connectivity index (χ1) is 14.4. The number of rotatable bonds is 6. The number of hydrogen-bond donors (Lipinski definition) is 4. The van der Waals surface area contributed by atoms with Crippen molar-refractivity contribution in [3.8, 4) is 0 Å². The Balaban J connectivity index is 1.42. The molecule has 0 aliphatic heterocycles. The number of anilines is 2. The van der Waals surface area contributed by atoms with E-state index in [0.717, 1.165) is 36.2 Å². The van der Waals surface area contributed by atoms with Crippen molar-refractivity contribution >= 4 is 23.2 Å². The van der Waals surface area contributed by atoms with Gasteiger partial charge in [0.2, 0.25) is 0 Å². The molecular formula is C20H28N8O2. The van der Waals surface area contributed by atoms with Crippen LogP contribution in [0.15, 0.2) is 24.5 Å². The van der Waals surface area contributed by atoms with Gasteiger partial charge in [-0.1, -0.05) is 0 Å². The maximum absolute atomic E-state index is 11.8. The molecule has 3 heterocycles. The molecule has 0 radical (unpaired) electrons. The summed E-state index contributed by atoms with van der Waals surface area (Å²) >= 11 is 0. The Kier molecular flexibility index (Phi) is 5.58. The van der Waals surface area contributed by atoms with E-state index in [1.165, 1.54) is 0 Å². The van der Waals surface area contributed by atoms with E-state index in [1.54, 1.807) is 16.9 Å². The standard InChI is InChI=1S/C20H28N8O2/c1-11(2)23-20(29)30-14-5-4-13(8-14)16-10-18(26-25-16)24-19-17-9-15(12(3)21)27-28(17)7-6-22-19/h6-7,9-14H,4-5,8,21H2,1-3H3,(H,23,29)(H2,22,24,25,26)/t12?,13-,14+/m0/s1. The van der Waals surface area contributed by atoms with E-state index in [0.29, 0.717) is 11.6 Å². The fourth-order valence-electron chi connectivity index (χ4n) is 3.74. The number of H-pyrrole nitrogens is 1. The molecule has 10 nitrogen and oxygen atoms in total. The van der Waals surface area contributed by atoms with Crippen molar-refractivity contribution in [3.63, 3.8) is 0 Å². The minimum atomic E-state index is -0.353. The molecular weight excluding hydrogens is 384 g/mol. The number of nitrogens with two attached hydrogens (primary N) is 1. The summed E-state index contributed by atoms with van der Waals surface area (Å²) < 4.78 is 7.27. The van der Waals surface area contributed by atoms with Gasteiger partial charge in [0.25, 0.3) is 0 Å². The lowest BCUT2D eigenvalue weighted by atomic mass is 10.0. The van der Waals surface area contributed by atoms with Gasteiger partial charge in [-0.25, -0.2) is 14.3 Å². The maximum Gasteiger partial charge on any atom is 0.407 e. The number of aromatic amines is 1. The molecule has 3 aromatic heterocycles. The third-order valence-corrected chi connectivity index (χ3v) is 5.22. The van der Waals surface area contributed by atoms with E-state index in [4.69, 9.17) is 10.5 Å². The minimum Gasteiger partial charge on any atom is -0.446 e. The molecule has 4 rings (SSSR count). The quantitative estimate of drug-likeness (QED) is 0.489. The summed E-state index contributed by atoms with van der Waals surface area (Å²) in [6, 6.07) is 3.81. The normalized spacial score (nSPS) is 19.9. The molecule has 1 unspecified atom stereocenters. The van der Waals surface area contributed by atoms with E-state index in [-0.39, 0.29) is 30.2 Å². The average molecular weight is 412 g/mol. The average Bonchev–Trinajstić information content (AvgIpc) is 3.39. The van der Waals surface area contributed by atoms with Gasteiger partial charge >= 0.3 is 6.09 Å². The third kappa shape index (κ3) is 4.38.